The van der Waals surface area contributed by atoms with Crippen LogP contribution in [0.25, 0.3) is 10.9 Å². The summed E-state index contributed by atoms with van der Waals surface area (Å²) in [7, 11) is 0. The van der Waals surface area contributed by atoms with Crippen LogP contribution in [0.4, 0.5) is 0 Å². The van der Waals surface area contributed by atoms with Gasteiger partial charge in [-0.1, -0.05) is 12.1 Å². The number of aryl methyl sites for hydroxylation is 1. The number of pyridine rings is 1. The van der Waals surface area contributed by atoms with Crippen molar-refractivity contribution >= 4 is 16.8 Å². The van der Waals surface area contributed by atoms with Crippen LogP contribution >= 0.6 is 0 Å². The normalized spacial score (nSPS) is 10.5. The minimum atomic E-state index is -0.234. The van der Waals surface area contributed by atoms with E-state index in [2.05, 4.69) is 17.1 Å². The Hall–Kier alpha value is -1.90. The van der Waals surface area contributed by atoms with Gasteiger partial charge in [0, 0.05) is 18.0 Å². The standard InChI is InChI=1S/C13H14N2O/c14-13(16)5-1-3-10-6-7-12-11(9-10)4-2-8-15-12/h2,4,6-9H,1,3,5H2,(H2,14,16). The van der Waals surface area contributed by atoms with Crippen molar-refractivity contribution in [2.24, 2.45) is 5.73 Å². The summed E-state index contributed by atoms with van der Waals surface area (Å²) in [6.07, 6.45) is 3.93. The van der Waals surface area contributed by atoms with Gasteiger partial charge >= 0.3 is 0 Å². The lowest BCUT2D eigenvalue weighted by Gasteiger charge is -2.02. The maximum Gasteiger partial charge on any atom is 0.217 e. The second-order valence-corrected chi connectivity index (χ2v) is 3.85. The highest BCUT2D eigenvalue weighted by atomic mass is 16.1. The first-order chi connectivity index (χ1) is 7.75. The minimum Gasteiger partial charge on any atom is -0.370 e. The van der Waals surface area contributed by atoms with Crippen molar-refractivity contribution in [3.05, 3.63) is 42.1 Å². The van der Waals surface area contributed by atoms with Crippen molar-refractivity contribution in [3.63, 3.8) is 0 Å². The first-order valence-corrected chi connectivity index (χ1v) is 5.38. The number of hydrogen-bond acceptors (Lipinski definition) is 2. The maximum atomic E-state index is 10.6. The molecular formula is C13H14N2O. The third kappa shape index (κ3) is 2.57. The molecule has 82 valence electrons. The van der Waals surface area contributed by atoms with Crippen LogP contribution < -0.4 is 5.73 Å². The molecule has 0 bridgehead atoms. The van der Waals surface area contributed by atoms with E-state index in [0.29, 0.717) is 6.42 Å². The summed E-state index contributed by atoms with van der Waals surface area (Å²) in [5.74, 6) is -0.234. The lowest BCUT2D eigenvalue weighted by Crippen LogP contribution is -2.10. The van der Waals surface area contributed by atoms with E-state index in [4.69, 9.17) is 5.73 Å². The fraction of sp³-hybridized carbons (Fsp3) is 0.231. The molecule has 0 fully saturated rings. The zero-order valence-electron chi connectivity index (χ0n) is 9.02. The predicted molar refractivity (Wildman–Crippen MR) is 63.9 cm³/mol. The molecule has 0 saturated heterocycles. The number of rotatable bonds is 4. The smallest absolute Gasteiger partial charge is 0.217 e. The fourth-order valence-corrected chi connectivity index (χ4v) is 1.75. The predicted octanol–water partition coefficient (Wildman–Crippen LogP) is 2.04. The summed E-state index contributed by atoms with van der Waals surface area (Å²) in [5, 5.41) is 1.14. The minimum absolute atomic E-state index is 0.234. The fourth-order valence-electron chi connectivity index (χ4n) is 1.75. The van der Waals surface area contributed by atoms with Gasteiger partial charge in [-0.3, -0.25) is 9.78 Å². The van der Waals surface area contributed by atoms with Crippen LogP contribution in [0.3, 0.4) is 0 Å². The van der Waals surface area contributed by atoms with Gasteiger partial charge in [0.2, 0.25) is 5.91 Å². The van der Waals surface area contributed by atoms with Gasteiger partial charge in [0.15, 0.2) is 0 Å². The van der Waals surface area contributed by atoms with Crippen LogP contribution in [0.1, 0.15) is 18.4 Å². The summed E-state index contributed by atoms with van der Waals surface area (Å²) < 4.78 is 0. The van der Waals surface area contributed by atoms with Gasteiger partial charge in [0.05, 0.1) is 5.52 Å². The van der Waals surface area contributed by atoms with E-state index in [-0.39, 0.29) is 5.91 Å². The Morgan fingerprint density at radius 1 is 1.31 bits per heavy atom. The molecule has 2 N–H and O–H groups in total. The molecule has 1 heterocycles. The largest absolute Gasteiger partial charge is 0.370 e. The molecule has 1 amide bonds. The van der Waals surface area contributed by atoms with Crippen LogP contribution in [0.15, 0.2) is 36.5 Å². The highest BCUT2D eigenvalue weighted by Crippen LogP contribution is 2.14. The summed E-state index contributed by atoms with van der Waals surface area (Å²) in [5.41, 5.74) is 7.32. The molecule has 0 atom stereocenters. The second-order valence-electron chi connectivity index (χ2n) is 3.85. The van der Waals surface area contributed by atoms with E-state index >= 15 is 0 Å². The van der Waals surface area contributed by atoms with Gasteiger partial charge in [-0.15, -0.1) is 0 Å². The number of aromatic nitrogens is 1. The van der Waals surface area contributed by atoms with E-state index in [1.807, 2.05) is 18.2 Å². The van der Waals surface area contributed by atoms with Crippen LogP contribution in [0.2, 0.25) is 0 Å². The van der Waals surface area contributed by atoms with Gasteiger partial charge in [-0.2, -0.15) is 0 Å². The first-order valence-electron chi connectivity index (χ1n) is 5.38. The van der Waals surface area contributed by atoms with Crippen molar-refractivity contribution < 1.29 is 4.79 Å². The Balaban J connectivity index is 2.10. The van der Waals surface area contributed by atoms with Gasteiger partial charge in [-0.25, -0.2) is 0 Å². The number of primary amides is 1. The highest BCUT2D eigenvalue weighted by molar-refractivity contribution is 5.79. The maximum absolute atomic E-state index is 10.6. The molecule has 3 nitrogen and oxygen atoms in total. The van der Waals surface area contributed by atoms with Crippen LogP contribution in [-0.4, -0.2) is 10.9 Å². The van der Waals surface area contributed by atoms with E-state index in [1.54, 1.807) is 6.20 Å². The molecule has 0 aliphatic carbocycles. The number of hydrogen-bond donors (Lipinski definition) is 1. The molecule has 2 rings (SSSR count). The quantitative estimate of drug-likeness (QED) is 0.846. The summed E-state index contributed by atoms with van der Waals surface area (Å²) in [6, 6.07) is 10.1. The van der Waals surface area contributed by atoms with Crippen LogP contribution in [0.5, 0.6) is 0 Å². The monoisotopic (exact) mass is 214 g/mol. The molecule has 0 radical (unpaired) electrons. The summed E-state index contributed by atoms with van der Waals surface area (Å²) >= 11 is 0. The SMILES string of the molecule is NC(=O)CCCc1ccc2ncccc2c1. The van der Waals surface area contributed by atoms with Crippen molar-refractivity contribution in [2.45, 2.75) is 19.3 Å². The zero-order valence-corrected chi connectivity index (χ0v) is 9.02. The summed E-state index contributed by atoms with van der Waals surface area (Å²) in [6.45, 7) is 0. The molecule has 0 saturated carbocycles. The van der Waals surface area contributed by atoms with Crippen molar-refractivity contribution in [2.75, 3.05) is 0 Å². The lowest BCUT2D eigenvalue weighted by atomic mass is 10.1. The first kappa shape index (κ1) is 10.6. The van der Waals surface area contributed by atoms with E-state index < -0.39 is 0 Å². The molecule has 0 aliphatic rings. The number of nitrogens with two attached hydrogens (primary N) is 1. The molecule has 0 spiro atoms. The van der Waals surface area contributed by atoms with E-state index in [0.717, 1.165) is 23.7 Å². The number of benzene rings is 1. The topological polar surface area (TPSA) is 56.0 Å². The van der Waals surface area contributed by atoms with Crippen molar-refractivity contribution in [1.82, 2.24) is 4.98 Å². The molecule has 1 aromatic carbocycles. The third-order valence-corrected chi connectivity index (χ3v) is 2.56. The molecule has 3 heteroatoms. The zero-order chi connectivity index (χ0) is 11.4. The van der Waals surface area contributed by atoms with Crippen molar-refractivity contribution in [1.29, 1.82) is 0 Å². The third-order valence-electron chi connectivity index (χ3n) is 2.56. The Kier molecular flexibility index (Phi) is 3.15. The molecular weight excluding hydrogens is 200 g/mol. The Morgan fingerprint density at radius 3 is 3.00 bits per heavy atom. The number of fused-ring (bicyclic) bond motifs is 1. The molecule has 0 unspecified atom stereocenters. The van der Waals surface area contributed by atoms with Gasteiger partial charge in [0.1, 0.15) is 0 Å². The summed E-state index contributed by atoms with van der Waals surface area (Å²) in [4.78, 5) is 14.9. The number of amides is 1. The average molecular weight is 214 g/mol. The molecule has 2 aromatic rings. The lowest BCUT2D eigenvalue weighted by molar-refractivity contribution is -0.118. The van der Waals surface area contributed by atoms with Crippen LogP contribution in [0, 0.1) is 0 Å². The number of carbonyl (C=O) groups excluding carboxylic acids is 1. The second kappa shape index (κ2) is 4.75. The number of carbonyl (C=O) groups is 1. The van der Waals surface area contributed by atoms with Gasteiger partial charge in [0.25, 0.3) is 0 Å². The Morgan fingerprint density at radius 2 is 2.19 bits per heavy atom. The van der Waals surface area contributed by atoms with E-state index in [9.17, 15) is 4.79 Å². The average Bonchev–Trinajstić information content (AvgIpc) is 2.28. The highest BCUT2D eigenvalue weighted by Gasteiger charge is 1.99. The van der Waals surface area contributed by atoms with E-state index in [1.165, 1.54) is 5.56 Å². The molecule has 1 aromatic heterocycles. The molecule has 0 aliphatic heterocycles. The van der Waals surface area contributed by atoms with Crippen LogP contribution in [-0.2, 0) is 11.2 Å². The number of nitrogens with zero attached hydrogens (tertiary/aromatic N) is 1. The Labute approximate surface area is 94.3 Å². The van der Waals surface area contributed by atoms with Gasteiger partial charge in [-0.05, 0) is 36.6 Å². The Bertz CT molecular complexity index is 508. The van der Waals surface area contributed by atoms with Gasteiger partial charge < -0.3 is 5.73 Å². The van der Waals surface area contributed by atoms with Crippen molar-refractivity contribution in [3.8, 4) is 0 Å². The molecule has 16 heavy (non-hydrogen) atoms.